The van der Waals surface area contributed by atoms with E-state index in [4.69, 9.17) is 4.98 Å². The molecule has 6 nitrogen and oxygen atoms in total. The largest absolute Gasteiger partial charge is 0.342 e. The minimum atomic E-state index is -0.125. The Labute approximate surface area is 197 Å². The van der Waals surface area contributed by atoms with Crippen LogP contribution < -0.4 is 5.56 Å². The van der Waals surface area contributed by atoms with Gasteiger partial charge in [0.25, 0.3) is 5.56 Å². The minimum Gasteiger partial charge on any atom is -0.342 e. The SMILES string of the molecule is CN(C(=O)CSc1nc2c3ccccc3n(C)c2c(=O)n1-c1ccccc1)C1CCCCC1. The topological polar surface area (TPSA) is 60.1 Å². The summed E-state index contributed by atoms with van der Waals surface area (Å²) in [5, 5.41) is 1.49. The zero-order valence-electron chi connectivity index (χ0n) is 19.0. The molecule has 5 rings (SSSR count). The van der Waals surface area contributed by atoms with Gasteiger partial charge >= 0.3 is 0 Å². The molecule has 0 N–H and O–H groups in total. The molecule has 0 aliphatic heterocycles. The molecule has 4 aromatic rings. The molecule has 0 spiro atoms. The van der Waals surface area contributed by atoms with Gasteiger partial charge in [-0.3, -0.25) is 14.2 Å². The van der Waals surface area contributed by atoms with Gasteiger partial charge in [0.15, 0.2) is 5.16 Å². The van der Waals surface area contributed by atoms with E-state index in [1.807, 2.05) is 78.2 Å². The molecule has 0 atom stereocenters. The van der Waals surface area contributed by atoms with Gasteiger partial charge in [0.2, 0.25) is 5.91 Å². The predicted octanol–water partition coefficient (Wildman–Crippen LogP) is 4.76. The number of hydrogen-bond acceptors (Lipinski definition) is 4. The van der Waals surface area contributed by atoms with Crippen LogP contribution in [0.25, 0.3) is 27.6 Å². The fourth-order valence-corrected chi connectivity index (χ4v) is 5.80. The molecule has 1 saturated carbocycles. The number of benzene rings is 2. The van der Waals surface area contributed by atoms with Crippen LogP contribution in [0.1, 0.15) is 32.1 Å². The van der Waals surface area contributed by atoms with Gasteiger partial charge in [-0.15, -0.1) is 0 Å². The monoisotopic (exact) mass is 460 g/mol. The summed E-state index contributed by atoms with van der Waals surface area (Å²) >= 11 is 1.34. The van der Waals surface area contributed by atoms with Crippen molar-refractivity contribution in [3.05, 3.63) is 65.0 Å². The van der Waals surface area contributed by atoms with Gasteiger partial charge in [-0.05, 0) is 31.0 Å². The first kappa shape index (κ1) is 21.8. The van der Waals surface area contributed by atoms with Gasteiger partial charge in [-0.2, -0.15) is 0 Å². The number of carbonyl (C=O) groups is 1. The second kappa shape index (κ2) is 9.06. The quantitative estimate of drug-likeness (QED) is 0.318. The molecule has 7 heteroatoms. The Morgan fingerprint density at radius 3 is 2.52 bits per heavy atom. The zero-order valence-corrected chi connectivity index (χ0v) is 19.8. The van der Waals surface area contributed by atoms with E-state index in [9.17, 15) is 9.59 Å². The number of thioether (sulfide) groups is 1. The van der Waals surface area contributed by atoms with Gasteiger partial charge in [0.1, 0.15) is 11.0 Å². The van der Waals surface area contributed by atoms with Crippen molar-refractivity contribution >= 4 is 39.6 Å². The minimum absolute atomic E-state index is 0.0822. The molecule has 0 radical (unpaired) electrons. The molecule has 2 heterocycles. The average molecular weight is 461 g/mol. The second-order valence-electron chi connectivity index (χ2n) is 8.73. The highest BCUT2D eigenvalue weighted by Crippen LogP contribution is 2.29. The second-order valence-corrected chi connectivity index (χ2v) is 9.67. The highest BCUT2D eigenvalue weighted by Gasteiger charge is 2.24. The first-order valence-electron chi connectivity index (χ1n) is 11.5. The van der Waals surface area contributed by atoms with Crippen LogP contribution in [0.4, 0.5) is 0 Å². The van der Waals surface area contributed by atoms with Crippen LogP contribution in [0.3, 0.4) is 0 Å². The number of amides is 1. The highest BCUT2D eigenvalue weighted by atomic mass is 32.2. The lowest BCUT2D eigenvalue weighted by Crippen LogP contribution is -2.39. The maximum absolute atomic E-state index is 13.8. The van der Waals surface area contributed by atoms with Crippen molar-refractivity contribution in [1.29, 1.82) is 0 Å². The molecule has 0 unspecified atom stereocenters. The van der Waals surface area contributed by atoms with Gasteiger partial charge < -0.3 is 9.47 Å². The van der Waals surface area contributed by atoms with E-state index in [1.54, 1.807) is 4.57 Å². The molecule has 0 bridgehead atoms. The van der Waals surface area contributed by atoms with Gasteiger partial charge in [0, 0.05) is 25.5 Å². The molecular formula is C26H28N4O2S. The fourth-order valence-electron chi connectivity index (χ4n) is 4.87. The molecule has 2 aromatic carbocycles. The molecule has 2 aromatic heterocycles. The lowest BCUT2D eigenvalue weighted by atomic mass is 9.94. The lowest BCUT2D eigenvalue weighted by Gasteiger charge is -2.31. The van der Waals surface area contributed by atoms with Crippen molar-refractivity contribution in [2.75, 3.05) is 12.8 Å². The summed E-state index contributed by atoms with van der Waals surface area (Å²) in [7, 11) is 3.81. The summed E-state index contributed by atoms with van der Waals surface area (Å²) in [6.07, 6.45) is 5.76. The van der Waals surface area contributed by atoms with Crippen molar-refractivity contribution in [3.8, 4) is 5.69 Å². The van der Waals surface area contributed by atoms with E-state index in [0.717, 1.165) is 29.4 Å². The van der Waals surface area contributed by atoms with Crippen LogP contribution >= 0.6 is 11.8 Å². The van der Waals surface area contributed by atoms with E-state index in [-0.39, 0.29) is 17.2 Å². The third-order valence-electron chi connectivity index (χ3n) is 6.74. The molecule has 1 aliphatic rings. The summed E-state index contributed by atoms with van der Waals surface area (Å²) in [5.74, 6) is 0.335. The Hall–Kier alpha value is -3.06. The van der Waals surface area contributed by atoms with Crippen LogP contribution in [0.15, 0.2) is 64.5 Å². The van der Waals surface area contributed by atoms with E-state index in [1.165, 1.54) is 31.0 Å². The van der Waals surface area contributed by atoms with E-state index < -0.39 is 0 Å². The molecule has 1 aliphatic carbocycles. The Balaban J connectivity index is 1.57. The molecule has 0 saturated heterocycles. The Bertz CT molecular complexity index is 1370. The van der Waals surface area contributed by atoms with Crippen LogP contribution in [-0.2, 0) is 11.8 Å². The van der Waals surface area contributed by atoms with Crippen LogP contribution in [0.5, 0.6) is 0 Å². The summed E-state index contributed by atoms with van der Waals surface area (Å²) < 4.78 is 3.55. The number of nitrogens with zero attached hydrogens (tertiary/aromatic N) is 4. The third-order valence-corrected chi connectivity index (χ3v) is 7.66. The summed E-state index contributed by atoms with van der Waals surface area (Å²) in [4.78, 5) is 33.6. The number of para-hydroxylation sites is 2. The van der Waals surface area contributed by atoms with Crippen LogP contribution in [-0.4, -0.2) is 43.8 Å². The van der Waals surface area contributed by atoms with E-state index >= 15 is 0 Å². The van der Waals surface area contributed by atoms with E-state index in [2.05, 4.69) is 0 Å². The molecular weight excluding hydrogens is 432 g/mol. The lowest BCUT2D eigenvalue weighted by molar-refractivity contribution is -0.129. The normalized spacial score (nSPS) is 14.7. The Kier molecular flexibility index (Phi) is 5.98. The zero-order chi connectivity index (χ0) is 22.9. The third kappa shape index (κ3) is 3.95. The number of aryl methyl sites for hydroxylation is 1. The molecule has 170 valence electrons. The number of carbonyl (C=O) groups excluding carboxylic acids is 1. The van der Waals surface area contributed by atoms with Gasteiger partial charge in [-0.1, -0.05) is 67.4 Å². The van der Waals surface area contributed by atoms with Gasteiger partial charge in [-0.25, -0.2) is 4.98 Å². The van der Waals surface area contributed by atoms with Crippen molar-refractivity contribution in [2.45, 2.75) is 43.3 Å². The van der Waals surface area contributed by atoms with Crippen molar-refractivity contribution in [3.63, 3.8) is 0 Å². The maximum Gasteiger partial charge on any atom is 0.283 e. The molecule has 33 heavy (non-hydrogen) atoms. The molecule has 1 amide bonds. The summed E-state index contributed by atoms with van der Waals surface area (Å²) in [6, 6.07) is 17.8. The predicted molar refractivity (Wildman–Crippen MR) is 134 cm³/mol. The van der Waals surface area contributed by atoms with Gasteiger partial charge in [0.05, 0.1) is 17.0 Å². The van der Waals surface area contributed by atoms with Crippen LogP contribution in [0.2, 0.25) is 0 Å². The van der Waals surface area contributed by atoms with Crippen molar-refractivity contribution < 1.29 is 4.79 Å². The summed E-state index contributed by atoms with van der Waals surface area (Å²) in [5.41, 5.74) is 2.83. The van der Waals surface area contributed by atoms with Crippen LogP contribution in [0, 0.1) is 0 Å². The summed E-state index contributed by atoms with van der Waals surface area (Å²) in [6.45, 7) is 0. The number of rotatable bonds is 5. The first-order chi connectivity index (χ1) is 16.1. The number of hydrogen-bond donors (Lipinski definition) is 0. The Morgan fingerprint density at radius 1 is 1.06 bits per heavy atom. The Morgan fingerprint density at radius 2 is 1.76 bits per heavy atom. The highest BCUT2D eigenvalue weighted by molar-refractivity contribution is 7.99. The first-order valence-corrected chi connectivity index (χ1v) is 12.5. The standard InChI is InChI=1S/C26H28N4O2S/c1-28(18-11-5-3-6-12-18)22(31)17-33-26-27-23-20-15-9-10-16-21(20)29(2)24(23)25(32)30(26)19-13-7-4-8-14-19/h4,7-10,13-16,18H,3,5-6,11-12,17H2,1-2H3. The van der Waals surface area contributed by atoms with Crippen molar-refractivity contribution in [2.24, 2.45) is 7.05 Å². The fraction of sp³-hybridized carbons (Fsp3) is 0.346. The van der Waals surface area contributed by atoms with Crippen molar-refractivity contribution in [1.82, 2.24) is 19.0 Å². The smallest absolute Gasteiger partial charge is 0.283 e. The van der Waals surface area contributed by atoms with E-state index in [0.29, 0.717) is 22.2 Å². The molecule has 1 fully saturated rings. The maximum atomic E-state index is 13.8. The number of aromatic nitrogens is 3. The average Bonchev–Trinajstić information content (AvgIpc) is 3.15. The number of fused-ring (bicyclic) bond motifs is 3.